The molecular weight excluding hydrogens is 296 g/mol. The molecule has 5 heteroatoms. The molecule has 1 atom stereocenters. The number of urea groups is 1. The van der Waals surface area contributed by atoms with Crippen molar-refractivity contribution in [3.05, 3.63) is 28.7 Å². The Morgan fingerprint density at radius 2 is 2.06 bits per heavy atom. The van der Waals surface area contributed by atoms with E-state index in [2.05, 4.69) is 26.6 Å². The number of rotatable bonds is 5. The molecule has 0 saturated heterocycles. The third-order valence-corrected chi connectivity index (χ3v) is 3.58. The van der Waals surface area contributed by atoms with Gasteiger partial charge in [0, 0.05) is 22.8 Å². The maximum Gasteiger partial charge on any atom is 0.319 e. The van der Waals surface area contributed by atoms with Crippen molar-refractivity contribution in [1.29, 1.82) is 0 Å². The number of carbonyl (C=O) groups is 1. The number of carbonyl (C=O) groups excluding carboxylic acids is 1. The van der Waals surface area contributed by atoms with Crippen LogP contribution in [0.2, 0.25) is 0 Å². The number of amides is 2. The van der Waals surface area contributed by atoms with Gasteiger partial charge in [-0.2, -0.15) is 0 Å². The van der Waals surface area contributed by atoms with E-state index in [4.69, 9.17) is 5.11 Å². The molecule has 1 aromatic rings. The summed E-state index contributed by atoms with van der Waals surface area (Å²) >= 11 is 3.34. The van der Waals surface area contributed by atoms with E-state index in [1.54, 1.807) is 0 Å². The van der Waals surface area contributed by atoms with Gasteiger partial charge < -0.3 is 15.7 Å². The van der Waals surface area contributed by atoms with Gasteiger partial charge in [-0.1, -0.05) is 15.9 Å². The molecule has 0 bridgehead atoms. The van der Waals surface area contributed by atoms with E-state index in [1.165, 1.54) is 0 Å². The normalized spacial score (nSPS) is 16.1. The first-order valence-corrected chi connectivity index (χ1v) is 6.92. The van der Waals surface area contributed by atoms with E-state index in [9.17, 15) is 4.79 Å². The maximum absolute atomic E-state index is 11.8. The van der Waals surface area contributed by atoms with Crippen molar-refractivity contribution < 1.29 is 9.90 Å². The molecule has 2 amide bonds. The zero-order valence-electron chi connectivity index (χ0n) is 10.0. The van der Waals surface area contributed by atoms with Crippen molar-refractivity contribution in [1.82, 2.24) is 5.32 Å². The molecular formula is C13H17BrN2O2. The fourth-order valence-corrected chi connectivity index (χ4v) is 2.20. The van der Waals surface area contributed by atoms with Crippen LogP contribution in [0.25, 0.3) is 0 Å². The molecule has 1 unspecified atom stereocenters. The maximum atomic E-state index is 11.8. The lowest BCUT2D eigenvalue weighted by atomic mass is 10.1. The van der Waals surface area contributed by atoms with Crippen LogP contribution in [0.5, 0.6) is 0 Å². The largest absolute Gasteiger partial charge is 0.396 e. The van der Waals surface area contributed by atoms with E-state index in [0.29, 0.717) is 12.3 Å². The Morgan fingerprint density at radius 3 is 2.61 bits per heavy atom. The highest BCUT2D eigenvalue weighted by Gasteiger charge is 2.31. The Kier molecular flexibility index (Phi) is 4.60. The van der Waals surface area contributed by atoms with Crippen LogP contribution in [0.15, 0.2) is 28.7 Å². The van der Waals surface area contributed by atoms with Gasteiger partial charge in [0.25, 0.3) is 0 Å². The fraction of sp³-hybridized carbons (Fsp3) is 0.462. The van der Waals surface area contributed by atoms with Gasteiger partial charge in [0.2, 0.25) is 0 Å². The van der Waals surface area contributed by atoms with Crippen molar-refractivity contribution in [3.8, 4) is 0 Å². The number of halogens is 1. The van der Waals surface area contributed by atoms with Crippen LogP contribution in [0, 0.1) is 5.92 Å². The monoisotopic (exact) mass is 312 g/mol. The molecule has 98 valence electrons. The van der Waals surface area contributed by atoms with Crippen molar-refractivity contribution in [2.75, 3.05) is 11.9 Å². The third kappa shape index (κ3) is 3.99. The number of anilines is 1. The minimum Gasteiger partial charge on any atom is -0.396 e. The molecule has 1 saturated carbocycles. The minimum atomic E-state index is -0.206. The molecule has 0 aromatic heterocycles. The van der Waals surface area contributed by atoms with E-state index in [1.807, 2.05) is 24.3 Å². The first kappa shape index (κ1) is 13.4. The van der Waals surface area contributed by atoms with Crippen LogP contribution in [0.3, 0.4) is 0 Å². The van der Waals surface area contributed by atoms with Crippen LogP contribution in [0.1, 0.15) is 19.3 Å². The highest BCUT2D eigenvalue weighted by Crippen LogP contribution is 2.33. The Morgan fingerprint density at radius 1 is 1.39 bits per heavy atom. The van der Waals surface area contributed by atoms with Gasteiger partial charge in [-0.3, -0.25) is 0 Å². The number of aliphatic hydroxyl groups excluding tert-OH is 1. The molecule has 1 fully saturated rings. The molecule has 0 radical (unpaired) electrons. The summed E-state index contributed by atoms with van der Waals surface area (Å²) in [7, 11) is 0. The lowest BCUT2D eigenvalue weighted by Crippen LogP contribution is -2.39. The lowest BCUT2D eigenvalue weighted by Gasteiger charge is -2.17. The summed E-state index contributed by atoms with van der Waals surface area (Å²) in [4.78, 5) is 11.8. The second-order valence-corrected chi connectivity index (χ2v) is 5.48. The van der Waals surface area contributed by atoms with Crippen LogP contribution >= 0.6 is 15.9 Å². The average molecular weight is 313 g/mol. The smallest absolute Gasteiger partial charge is 0.319 e. The Labute approximate surface area is 115 Å². The summed E-state index contributed by atoms with van der Waals surface area (Å²) in [6.45, 7) is 0.111. The van der Waals surface area contributed by atoms with Gasteiger partial charge in [-0.15, -0.1) is 0 Å². The lowest BCUT2D eigenvalue weighted by molar-refractivity contribution is 0.234. The molecule has 0 heterocycles. The standard InChI is InChI=1S/C13H17BrN2O2/c14-10-3-5-11(6-4-10)15-13(18)16-12(7-8-17)9-1-2-9/h3-6,9,12,17H,1-2,7-8H2,(H2,15,16,18). The average Bonchev–Trinajstić information content (AvgIpc) is 3.16. The number of nitrogens with one attached hydrogen (secondary N) is 2. The van der Waals surface area contributed by atoms with Crippen LogP contribution in [-0.2, 0) is 0 Å². The first-order valence-electron chi connectivity index (χ1n) is 6.13. The predicted molar refractivity (Wildman–Crippen MR) is 74.5 cm³/mol. The molecule has 18 heavy (non-hydrogen) atoms. The molecule has 2 rings (SSSR count). The van der Waals surface area contributed by atoms with Crippen LogP contribution < -0.4 is 10.6 Å². The second kappa shape index (κ2) is 6.20. The molecule has 1 aliphatic carbocycles. The van der Waals surface area contributed by atoms with Crippen LogP contribution in [-0.4, -0.2) is 23.8 Å². The van der Waals surface area contributed by atoms with Crippen molar-refractivity contribution >= 4 is 27.6 Å². The summed E-state index contributed by atoms with van der Waals surface area (Å²) in [6, 6.07) is 7.31. The third-order valence-electron chi connectivity index (χ3n) is 3.05. The van der Waals surface area contributed by atoms with Crippen molar-refractivity contribution in [2.24, 2.45) is 5.92 Å². The van der Waals surface area contributed by atoms with Crippen molar-refractivity contribution in [3.63, 3.8) is 0 Å². The van der Waals surface area contributed by atoms with Gasteiger partial charge >= 0.3 is 6.03 Å². The molecule has 1 aliphatic rings. The van der Waals surface area contributed by atoms with Gasteiger partial charge in [-0.05, 0) is 49.4 Å². The van der Waals surface area contributed by atoms with Crippen LogP contribution in [0.4, 0.5) is 10.5 Å². The van der Waals surface area contributed by atoms with Gasteiger partial charge in [-0.25, -0.2) is 4.79 Å². The quantitative estimate of drug-likeness (QED) is 0.783. The van der Waals surface area contributed by atoms with Crippen molar-refractivity contribution in [2.45, 2.75) is 25.3 Å². The zero-order chi connectivity index (χ0) is 13.0. The molecule has 4 nitrogen and oxygen atoms in total. The van der Waals surface area contributed by atoms with Gasteiger partial charge in [0.1, 0.15) is 0 Å². The summed E-state index contributed by atoms with van der Waals surface area (Å²) in [6.07, 6.45) is 2.91. The number of hydrogen-bond acceptors (Lipinski definition) is 2. The number of benzene rings is 1. The molecule has 3 N–H and O–H groups in total. The Bertz CT molecular complexity index is 404. The van der Waals surface area contributed by atoms with Gasteiger partial charge in [0.15, 0.2) is 0 Å². The van der Waals surface area contributed by atoms with E-state index >= 15 is 0 Å². The zero-order valence-corrected chi connectivity index (χ0v) is 11.6. The highest BCUT2D eigenvalue weighted by atomic mass is 79.9. The Hall–Kier alpha value is -1.07. The summed E-state index contributed by atoms with van der Waals surface area (Å²) in [5.41, 5.74) is 0.759. The van der Waals surface area contributed by atoms with Gasteiger partial charge in [0.05, 0.1) is 0 Å². The minimum absolute atomic E-state index is 0.0884. The number of aliphatic hydroxyl groups is 1. The Balaban J connectivity index is 1.85. The van der Waals surface area contributed by atoms with E-state index < -0.39 is 0 Å². The molecule has 1 aromatic carbocycles. The summed E-state index contributed by atoms with van der Waals surface area (Å²) < 4.78 is 0.976. The predicted octanol–water partition coefficient (Wildman–Crippen LogP) is 2.73. The second-order valence-electron chi connectivity index (χ2n) is 4.56. The fourth-order valence-electron chi connectivity index (χ4n) is 1.93. The summed E-state index contributed by atoms with van der Waals surface area (Å²) in [5, 5.41) is 14.7. The number of hydrogen-bond donors (Lipinski definition) is 3. The highest BCUT2D eigenvalue weighted by molar-refractivity contribution is 9.10. The SMILES string of the molecule is O=C(Nc1ccc(Br)cc1)NC(CCO)C1CC1. The van der Waals surface area contributed by atoms with E-state index in [0.717, 1.165) is 23.0 Å². The molecule has 0 spiro atoms. The molecule has 0 aliphatic heterocycles. The topological polar surface area (TPSA) is 61.4 Å². The van der Waals surface area contributed by atoms with E-state index in [-0.39, 0.29) is 18.7 Å². The first-order chi connectivity index (χ1) is 8.69. The summed E-state index contributed by atoms with van der Waals surface area (Å²) in [5.74, 6) is 0.535.